The van der Waals surface area contributed by atoms with Crippen molar-refractivity contribution in [3.8, 4) is 5.75 Å². The van der Waals surface area contributed by atoms with Crippen LogP contribution in [-0.2, 0) is 14.6 Å². The molecule has 2 rings (SSSR count). The van der Waals surface area contributed by atoms with Gasteiger partial charge in [-0.1, -0.05) is 24.9 Å². The van der Waals surface area contributed by atoms with Gasteiger partial charge < -0.3 is 10.4 Å². The van der Waals surface area contributed by atoms with Gasteiger partial charge in [-0.05, 0) is 32.4 Å². The summed E-state index contributed by atoms with van der Waals surface area (Å²) in [5.74, 6) is -0.557. The number of aromatic hydroxyl groups is 1. The highest BCUT2D eigenvalue weighted by Crippen LogP contribution is 2.38. The number of guanidine groups is 1. The third kappa shape index (κ3) is 3.49. The molecule has 1 aromatic rings. The molecule has 1 amide bonds. The molecule has 1 atom stereocenters. The second-order valence-corrected chi connectivity index (χ2v) is 8.61. The fraction of sp³-hybridized carbons (Fsp3) is 0.467. The van der Waals surface area contributed by atoms with E-state index < -0.39 is 26.9 Å². The molecule has 0 radical (unpaired) electrons. The summed E-state index contributed by atoms with van der Waals surface area (Å²) in [6, 6.07) is 2.32. The summed E-state index contributed by atoms with van der Waals surface area (Å²) in [6.45, 7) is 4.95. The Morgan fingerprint density at radius 1 is 1.42 bits per heavy atom. The van der Waals surface area contributed by atoms with Gasteiger partial charge in [-0.3, -0.25) is 10.1 Å². The predicted octanol–water partition coefficient (Wildman–Crippen LogP) is 2.29. The molecule has 1 aliphatic rings. The molecule has 3 N–H and O–H groups in total. The lowest BCUT2D eigenvalue weighted by Gasteiger charge is -2.15. The fourth-order valence-corrected chi connectivity index (χ4v) is 3.93. The first kappa shape index (κ1) is 18.5. The van der Waals surface area contributed by atoms with Crippen molar-refractivity contribution in [3.05, 3.63) is 17.2 Å². The first-order valence-corrected chi connectivity index (χ1v) is 9.52. The number of nitrogens with one attached hydrogen (secondary N) is 2. The molecule has 9 heteroatoms. The Morgan fingerprint density at radius 2 is 2.08 bits per heavy atom. The summed E-state index contributed by atoms with van der Waals surface area (Å²) in [6.07, 6.45) is 1.41. The summed E-state index contributed by atoms with van der Waals surface area (Å²) in [5.41, 5.74) is 0.106. The number of sulfone groups is 1. The molecular weight excluding hydrogens is 354 g/mol. The largest absolute Gasteiger partial charge is 0.504 e. The summed E-state index contributed by atoms with van der Waals surface area (Å²) in [5, 5.41) is 14.9. The fourth-order valence-electron chi connectivity index (χ4n) is 2.26. The minimum Gasteiger partial charge on any atom is -0.504 e. The van der Waals surface area contributed by atoms with E-state index in [2.05, 4.69) is 15.6 Å². The predicted molar refractivity (Wildman–Crippen MR) is 93.3 cm³/mol. The Morgan fingerprint density at radius 3 is 2.67 bits per heavy atom. The number of phenolic OH excluding ortho intramolecular Hbond substituents is 1. The highest BCUT2D eigenvalue weighted by Gasteiger charge is 2.30. The Labute approximate surface area is 146 Å². The minimum atomic E-state index is -3.77. The quantitative estimate of drug-likeness (QED) is 0.686. The first-order chi connectivity index (χ1) is 11.2. The SMILES string of the molecule is CCC[C@H]1N=C(Nc2ccc(Cl)c(S(=O)(=O)C(C)C)c2O)NC1=O. The lowest BCUT2D eigenvalue weighted by atomic mass is 10.2. The zero-order valence-corrected chi connectivity index (χ0v) is 15.2. The Balaban J connectivity index is 2.37. The van der Waals surface area contributed by atoms with Crippen molar-refractivity contribution in [1.29, 1.82) is 0 Å². The number of benzene rings is 1. The van der Waals surface area contributed by atoms with Crippen molar-refractivity contribution < 1.29 is 18.3 Å². The van der Waals surface area contributed by atoms with E-state index in [1.807, 2.05) is 6.92 Å². The summed E-state index contributed by atoms with van der Waals surface area (Å²) < 4.78 is 24.8. The molecule has 0 aliphatic carbocycles. The lowest BCUT2D eigenvalue weighted by molar-refractivity contribution is -0.120. The van der Waals surface area contributed by atoms with Crippen molar-refractivity contribution in [2.45, 2.75) is 49.8 Å². The Bertz CT molecular complexity index is 790. The number of rotatable bonds is 5. The van der Waals surface area contributed by atoms with Gasteiger partial charge in [-0.15, -0.1) is 0 Å². The highest BCUT2D eigenvalue weighted by molar-refractivity contribution is 7.92. The molecule has 0 fully saturated rings. The minimum absolute atomic E-state index is 0.0620. The third-order valence-electron chi connectivity index (χ3n) is 3.63. The second-order valence-electron chi connectivity index (χ2n) is 5.76. The molecule has 0 unspecified atom stereocenters. The number of carbonyl (C=O) groups excluding carboxylic acids is 1. The zero-order valence-electron chi connectivity index (χ0n) is 13.6. The van der Waals surface area contributed by atoms with Gasteiger partial charge in [0.1, 0.15) is 10.9 Å². The summed E-state index contributed by atoms with van der Waals surface area (Å²) in [4.78, 5) is 15.6. The van der Waals surface area contributed by atoms with E-state index in [1.54, 1.807) is 0 Å². The van der Waals surface area contributed by atoms with E-state index in [1.165, 1.54) is 26.0 Å². The van der Waals surface area contributed by atoms with Crippen LogP contribution in [0.5, 0.6) is 5.75 Å². The number of amides is 1. The second kappa shape index (κ2) is 6.98. The average Bonchev–Trinajstić information content (AvgIpc) is 2.82. The normalized spacial score (nSPS) is 17.8. The van der Waals surface area contributed by atoms with Crippen molar-refractivity contribution in [3.63, 3.8) is 0 Å². The van der Waals surface area contributed by atoms with Crippen LogP contribution in [0.1, 0.15) is 33.6 Å². The molecule has 7 nitrogen and oxygen atoms in total. The lowest BCUT2D eigenvalue weighted by Crippen LogP contribution is -2.32. The third-order valence-corrected chi connectivity index (χ3v) is 6.28. The molecule has 24 heavy (non-hydrogen) atoms. The van der Waals surface area contributed by atoms with Crippen LogP contribution in [0.25, 0.3) is 0 Å². The highest BCUT2D eigenvalue weighted by atomic mass is 35.5. The van der Waals surface area contributed by atoms with Crippen LogP contribution < -0.4 is 10.6 Å². The number of hydrogen-bond acceptors (Lipinski definition) is 6. The molecule has 0 bridgehead atoms. The number of aliphatic imine (C=N–C) groups is 1. The number of anilines is 1. The van der Waals surface area contributed by atoms with E-state index >= 15 is 0 Å². The van der Waals surface area contributed by atoms with E-state index in [9.17, 15) is 18.3 Å². The number of halogens is 1. The standard InChI is InChI=1S/C15H20ClN3O4S/c1-4-5-11-14(21)19-15(18-11)17-10-7-6-9(16)13(12(10)20)24(22,23)8(2)3/h6-8,11,20H,4-5H2,1-3H3,(H2,17,18,19,21)/t11-/m1/s1. The van der Waals surface area contributed by atoms with Crippen molar-refractivity contribution in [2.24, 2.45) is 4.99 Å². The Kier molecular flexibility index (Phi) is 5.39. The number of nitrogens with zero attached hydrogens (tertiary/aromatic N) is 1. The van der Waals surface area contributed by atoms with Crippen LogP contribution in [0.3, 0.4) is 0 Å². The van der Waals surface area contributed by atoms with Gasteiger partial charge >= 0.3 is 0 Å². The van der Waals surface area contributed by atoms with Gasteiger partial charge in [0.05, 0.1) is 16.0 Å². The summed E-state index contributed by atoms with van der Waals surface area (Å²) >= 11 is 5.97. The van der Waals surface area contributed by atoms with Crippen molar-refractivity contribution >= 4 is 39.0 Å². The maximum atomic E-state index is 12.4. The molecule has 1 aromatic carbocycles. The zero-order chi connectivity index (χ0) is 18.1. The van der Waals surface area contributed by atoms with Crippen LogP contribution in [0.2, 0.25) is 5.02 Å². The van der Waals surface area contributed by atoms with Crippen molar-refractivity contribution in [2.75, 3.05) is 5.32 Å². The number of carbonyl (C=O) groups is 1. The first-order valence-electron chi connectivity index (χ1n) is 7.59. The van der Waals surface area contributed by atoms with E-state index in [0.717, 1.165) is 6.42 Å². The summed E-state index contributed by atoms with van der Waals surface area (Å²) in [7, 11) is -3.77. The molecule has 0 saturated heterocycles. The molecule has 1 heterocycles. The van der Waals surface area contributed by atoms with Crippen LogP contribution >= 0.6 is 11.6 Å². The Hall–Kier alpha value is -1.80. The maximum Gasteiger partial charge on any atom is 0.251 e. The molecule has 0 saturated carbocycles. The van der Waals surface area contributed by atoms with E-state index in [0.29, 0.717) is 6.42 Å². The van der Waals surface area contributed by atoms with Gasteiger partial charge in [0.15, 0.2) is 15.6 Å². The van der Waals surface area contributed by atoms with Gasteiger partial charge in [-0.2, -0.15) is 0 Å². The van der Waals surface area contributed by atoms with Crippen LogP contribution in [-0.4, -0.2) is 36.7 Å². The van der Waals surface area contributed by atoms with Gasteiger partial charge in [0.25, 0.3) is 5.91 Å². The van der Waals surface area contributed by atoms with Crippen LogP contribution in [0, 0.1) is 0 Å². The number of hydrogen-bond donors (Lipinski definition) is 3. The van der Waals surface area contributed by atoms with Crippen LogP contribution in [0.4, 0.5) is 5.69 Å². The van der Waals surface area contributed by atoms with E-state index in [4.69, 9.17) is 11.6 Å². The van der Waals surface area contributed by atoms with Crippen LogP contribution in [0.15, 0.2) is 22.0 Å². The van der Waals surface area contributed by atoms with Gasteiger partial charge in [-0.25, -0.2) is 13.4 Å². The molecule has 0 aromatic heterocycles. The molecular formula is C15H20ClN3O4S. The van der Waals surface area contributed by atoms with E-state index in [-0.39, 0.29) is 27.5 Å². The smallest absolute Gasteiger partial charge is 0.251 e. The van der Waals surface area contributed by atoms with Gasteiger partial charge in [0, 0.05) is 0 Å². The van der Waals surface area contributed by atoms with Crippen molar-refractivity contribution in [1.82, 2.24) is 5.32 Å². The molecule has 0 spiro atoms. The number of phenols is 1. The maximum absolute atomic E-state index is 12.4. The topological polar surface area (TPSA) is 108 Å². The average molecular weight is 374 g/mol. The van der Waals surface area contributed by atoms with Gasteiger partial charge in [0.2, 0.25) is 5.96 Å². The monoisotopic (exact) mass is 373 g/mol. The molecule has 1 aliphatic heterocycles. The molecule has 132 valence electrons.